The van der Waals surface area contributed by atoms with E-state index < -0.39 is 30.2 Å². The maximum Gasteiger partial charge on any atom is 0.338 e. The standard InChI is InChI=1S/C15H15N3O5/c1-22-14(20)10-7-11(17-18-16)13(19)12(8-10)23-15(21)9-5-3-2-4-6-9/h2-7,11-13,19H,8H2,1H3/t11-,12-,13-/m1/s1. The monoisotopic (exact) mass is 317 g/mol. The lowest BCUT2D eigenvalue weighted by Crippen LogP contribution is -2.42. The molecule has 8 nitrogen and oxygen atoms in total. The first-order valence-corrected chi connectivity index (χ1v) is 6.84. The molecule has 0 aliphatic heterocycles. The number of azide groups is 1. The van der Waals surface area contributed by atoms with Crippen molar-refractivity contribution >= 4 is 11.9 Å². The molecule has 0 unspecified atom stereocenters. The Morgan fingerprint density at radius 1 is 1.30 bits per heavy atom. The van der Waals surface area contributed by atoms with E-state index in [2.05, 4.69) is 14.8 Å². The van der Waals surface area contributed by atoms with Crippen LogP contribution in [0.5, 0.6) is 0 Å². The molecule has 1 aromatic rings. The third kappa shape index (κ3) is 3.88. The number of aliphatic hydroxyl groups is 1. The third-order valence-corrected chi connectivity index (χ3v) is 3.42. The third-order valence-electron chi connectivity index (χ3n) is 3.42. The van der Waals surface area contributed by atoms with Gasteiger partial charge in [-0.05, 0) is 17.7 Å². The smallest absolute Gasteiger partial charge is 0.338 e. The van der Waals surface area contributed by atoms with Gasteiger partial charge in [-0.15, -0.1) is 0 Å². The average Bonchev–Trinajstić information content (AvgIpc) is 2.58. The number of carbonyl (C=O) groups is 2. The molecule has 0 heterocycles. The van der Waals surface area contributed by atoms with E-state index in [0.29, 0.717) is 5.56 Å². The molecule has 1 aromatic carbocycles. The number of ether oxygens (including phenoxy) is 2. The van der Waals surface area contributed by atoms with Crippen molar-refractivity contribution in [3.63, 3.8) is 0 Å². The molecule has 0 bridgehead atoms. The second-order valence-electron chi connectivity index (χ2n) is 4.88. The summed E-state index contributed by atoms with van der Waals surface area (Å²) in [5, 5.41) is 13.6. The van der Waals surface area contributed by atoms with Crippen LogP contribution in [0.1, 0.15) is 16.8 Å². The topological polar surface area (TPSA) is 122 Å². The van der Waals surface area contributed by atoms with E-state index in [1.165, 1.54) is 13.2 Å². The number of methoxy groups -OCH3 is 1. The molecule has 0 spiro atoms. The Morgan fingerprint density at radius 2 is 2.00 bits per heavy atom. The maximum atomic E-state index is 12.1. The van der Waals surface area contributed by atoms with E-state index in [4.69, 9.17) is 10.3 Å². The van der Waals surface area contributed by atoms with Crippen LogP contribution in [0.25, 0.3) is 10.4 Å². The summed E-state index contributed by atoms with van der Waals surface area (Å²) in [5.41, 5.74) is 9.05. The summed E-state index contributed by atoms with van der Waals surface area (Å²) >= 11 is 0. The van der Waals surface area contributed by atoms with E-state index in [1.807, 2.05) is 0 Å². The number of hydrogen-bond acceptors (Lipinski definition) is 6. The molecule has 0 saturated carbocycles. The van der Waals surface area contributed by atoms with Crippen LogP contribution >= 0.6 is 0 Å². The van der Waals surface area contributed by atoms with Crippen molar-refractivity contribution in [3.05, 3.63) is 58.0 Å². The first-order chi connectivity index (χ1) is 11.1. The van der Waals surface area contributed by atoms with Crippen molar-refractivity contribution in [1.29, 1.82) is 0 Å². The molecule has 0 aromatic heterocycles. The molecule has 8 heteroatoms. The quantitative estimate of drug-likeness (QED) is 0.392. The molecule has 0 amide bonds. The summed E-state index contributed by atoms with van der Waals surface area (Å²) < 4.78 is 9.90. The molecule has 1 aliphatic rings. The van der Waals surface area contributed by atoms with Gasteiger partial charge in [-0.1, -0.05) is 29.4 Å². The number of benzene rings is 1. The number of esters is 2. The van der Waals surface area contributed by atoms with E-state index >= 15 is 0 Å². The lowest BCUT2D eigenvalue weighted by atomic mass is 9.90. The highest BCUT2D eigenvalue weighted by Gasteiger charge is 2.36. The number of nitrogens with zero attached hydrogens (tertiary/aromatic N) is 3. The van der Waals surface area contributed by atoms with Gasteiger partial charge < -0.3 is 14.6 Å². The number of carbonyl (C=O) groups excluding carboxylic acids is 2. The zero-order valence-corrected chi connectivity index (χ0v) is 12.3. The Labute approximate surface area is 131 Å². The Hall–Kier alpha value is -2.83. The summed E-state index contributed by atoms with van der Waals surface area (Å²) in [6.45, 7) is 0. The molecule has 3 atom stereocenters. The predicted molar refractivity (Wildman–Crippen MR) is 79.3 cm³/mol. The average molecular weight is 317 g/mol. The first-order valence-electron chi connectivity index (χ1n) is 6.84. The second-order valence-corrected chi connectivity index (χ2v) is 4.88. The molecular formula is C15H15N3O5. The zero-order valence-electron chi connectivity index (χ0n) is 12.3. The number of rotatable bonds is 4. The van der Waals surface area contributed by atoms with Gasteiger partial charge in [0.25, 0.3) is 0 Å². The SMILES string of the molecule is COC(=O)C1=C[C@@H](N=[N+]=[N-])[C@@H](O)[C@H](OC(=O)c2ccccc2)C1. The van der Waals surface area contributed by atoms with Crippen molar-refractivity contribution in [2.24, 2.45) is 5.11 Å². The highest BCUT2D eigenvalue weighted by atomic mass is 16.6. The lowest BCUT2D eigenvalue weighted by Gasteiger charge is -2.30. The van der Waals surface area contributed by atoms with E-state index in [0.717, 1.165) is 0 Å². The van der Waals surface area contributed by atoms with E-state index in [9.17, 15) is 14.7 Å². The van der Waals surface area contributed by atoms with Gasteiger partial charge in [0.05, 0.1) is 18.7 Å². The normalized spacial score (nSPS) is 23.2. The fourth-order valence-electron chi connectivity index (χ4n) is 2.27. The van der Waals surface area contributed by atoms with Gasteiger partial charge in [0.15, 0.2) is 0 Å². The Balaban J connectivity index is 2.21. The highest BCUT2D eigenvalue weighted by molar-refractivity contribution is 5.90. The highest BCUT2D eigenvalue weighted by Crippen LogP contribution is 2.26. The van der Waals surface area contributed by atoms with Crippen LogP contribution in [0.3, 0.4) is 0 Å². The Bertz CT molecular complexity index is 667. The number of hydrogen-bond donors (Lipinski definition) is 1. The van der Waals surface area contributed by atoms with E-state index in [1.54, 1.807) is 30.3 Å². The fraction of sp³-hybridized carbons (Fsp3) is 0.333. The van der Waals surface area contributed by atoms with Crippen LogP contribution in [0.4, 0.5) is 0 Å². The van der Waals surface area contributed by atoms with Gasteiger partial charge in [0, 0.05) is 16.9 Å². The van der Waals surface area contributed by atoms with Crippen LogP contribution < -0.4 is 0 Å². The summed E-state index contributed by atoms with van der Waals surface area (Å²) in [4.78, 5) is 26.4. The van der Waals surface area contributed by atoms with Crippen molar-refractivity contribution in [3.8, 4) is 0 Å². The predicted octanol–water partition coefficient (Wildman–Crippen LogP) is 1.75. The lowest BCUT2D eigenvalue weighted by molar-refractivity contribution is -0.137. The van der Waals surface area contributed by atoms with Gasteiger partial charge in [-0.2, -0.15) is 0 Å². The van der Waals surface area contributed by atoms with Crippen molar-refractivity contribution in [2.75, 3.05) is 7.11 Å². The minimum Gasteiger partial charge on any atom is -0.466 e. The van der Waals surface area contributed by atoms with Crippen LogP contribution in [0.2, 0.25) is 0 Å². The molecule has 120 valence electrons. The molecule has 1 N–H and O–H groups in total. The van der Waals surface area contributed by atoms with Gasteiger partial charge in [-0.3, -0.25) is 0 Å². The first kappa shape index (κ1) is 16.5. The molecule has 0 fully saturated rings. The fourth-order valence-corrected chi connectivity index (χ4v) is 2.27. The molecule has 0 saturated heterocycles. The summed E-state index contributed by atoms with van der Waals surface area (Å²) in [6, 6.07) is 7.23. The van der Waals surface area contributed by atoms with Crippen molar-refractivity contribution in [2.45, 2.75) is 24.7 Å². The number of aliphatic hydroxyl groups excluding tert-OH is 1. The maximum absolute atomic E-state index is 12.1. The molecule has 0 radical (unpaired) electrons. The van der Waals surface area contributed by atoms with Crippen LogP contribution in [0, 0.1) is 0 Å². The zero-order chi connectivity index (χ0) is 16.8. The van der Waals surface area contributed by atoms with Crippen LogP contribution in [-0.2, 0) is 14.3 Å². The van der Waals surface area contributed by atoms with Gasteiger partial charge >= 0.3 is 11.9 Å². The summed E-state index contributed by atoms with van der Waals surface area (Å²) in [7, 11) is 1.21. The minimum atomic E-state index is -1.24. The van der Waals surface area contributed by atoms with E-state index in [-0.39, 0.29) is 12.0 Å². The molecule has 1 aliphatic carbocycles. The largest absolute Gasteiger partial charge is 0.466 e. The second kappa shape index (κ2) is 7.44. The summed E-state index contributed by atoms with van der Waals surface area (Å²) in [5.74, 6) is -1.27. The molecule has 23 heavy (non-hydrogen) atoms. The van der Waals surface area contributed by atoms with Gasteiger partial charge in [0.1, 0.15) is 12.2 Å². The minimum absolute atomic E-state index is 0.0239. The van der Waals surface area contributed by atoms with Crippen molar-refractivity contribution in [1.82, 2.24) is 0 Å². The molecular weight excluding hydrogens is 302 g/mol. The van der Waals surface area contributed by atoms with Crippen LogP contribution in [-0.4, -0.2) is 42.4 Å². The van der Waals surface area contributed by atoms with Gasteiger partial charge in [0.2, 0.25) is 0 Å². The van der Waals surface area contributed by atoms with Gasteiger partial charge in [-0.25, -0.2) is 9.59 Å². The summed E-state index contributed by atoms with van der Waals surface area (Å²) in [6.07, 6.45) is -0.961. The Kier molecular flexibility index (Phi) is 5.35. The Morgan fingerprint density at radius 3 is 2.61 bits per heavy atom. The van der Waals surface area contributed by atoms with Crippen molar-refractivity contribution < 1.29 is 24.2 Å². The molecule has 2 rings (SSSR count). The van der Waals surface area contributed by atoms with Crippen LogP contribution in [0.15, 0.2) is 47.1 Å².